The van der Waals surface area contributed by atoms with Crippen molar-refractivity contribution in [1.29, 1.82) is 0 Å². The van der Waals surface area contributed by atoms with Gasteiger partial charge in [0, 0.05) is 11.6 Å². The van der Waals surface area contributed by atoms with Gasteiger partial charge in [0.2, 0.25) is 0 Å². The van der Waals surface area contributed by atoms with Crippen LogP contribution in [0.2, 0.25) is 0 Å². The zero-order chi connectivity index (χ0) is 11.1. The van der Waals surface area contributed by atoms with Gasteiger partial charge < -0.3 is 0 Å². The van der Waals surface area contributed by atoms with E-state index in [2.05, 4.69) is 56.9 Å². The maximum absolute atomic E-state index is 4.37. The molecular formula is C14H17N. The zero-order valence-corrected chi connectivity index (χ0v) is 9.83. The van der Waals surface area contributed by atoms with Gasteiger partial charge in [-0.25, -0.2) is 0 Å². The molecule has 1 nitrogen and oxygen atoms in total. The van der Waals surface area contributed by atoms with Crippen molar-refractivity contribution >= 4 is 10.9 Å². The molecule has 1 aromatic heterocycles. The molecule has 0 aliphatic rings. The van der Waals surface area contributed by atoms with Crippen LogP contribution in [0.15, 0.2) is 30.5 Å². The van der Waals surface area contributed by atoms with Gasteiger partial charge in [0.15, 0.2) is 0 Å². The second kappa shape index (κ2) is 3.34. The summed E-state index contributed by atoms with van der Waals surface area (Å²) < 4.78 is 0. The molecular weight excluding hydrogens is 182 g/mol. The van der Waals surface area contributed by atoms with Crippen LogP contribution in [0.3, 0.4) is 0 Å². The van der Waals surface area contributed by atoms with E-state index in [1.807, 2.05) is 6.20 Å². The summed E-state index contributed by atoms with van der Waals surface area (Å²) in [5, 5.41) is 1.27. The Labute approximate surface area is 91.2 Å². The summed E-state index contributed by atoms with van der Waals surface area (Å²) in [6.45, 7) is 8.84. The number of benzene rings is 1. The van der Waals surface area contributed by atoms with E-state index < -0.39 is 0 Å². The molecule has 0 N–H and O–H groups in total. The second-order valence-electron chi connectivity index (χ2n) is 5.11. The minimum absolute atomic E-state index is 0.205. The van der Waals surface area contributed by atoms with E-state index in [9.17, 15) is 0 Å². The molecule has 0 fully saturated rings. The largest absolute Gasteiger partial charge is 0.256 e. The fraction of sp³-hybridized carbons (Fsp3) is 0.357. The fourth-order valence-electron chi connectivity index (χ4n) is 1.75. The van der Waals surface area contributed by atoms with Gasteiger partial charge >= 0.3 is 0 Å². The Morgan fingerprint density at radius 1 is 1.07 bits per heavy atom. The van der Waals surface area contributed by atoms with E-state index in [0.717, 1.165) is 5.52 Å². The molecule has 78 valence electrons. The Bertz CT molecular complexity index is 492. The van der Waals surface area contributed by atoms with Crippen molar-refractivity contribution in [1.82, 2.24) is 4.98 Å². The molecule has 0 aliphatic heterocycles. The van der Waals surface area contributed by atoms with Crippen LogP contribution in [0.5, 0.6) is 0 Å². The zero-order valence-electron chi connectivity index (χ0n) is 9.83. The number of fused-ring (bicyclic) bond motifs is 1. The average molecular weight is 199 g/mol. The van der Waals surface area contributed by atoms with Crippen LogP contribution in [0.1, 0.15) is 31.9 Å². The summed E-state index contributed by atoms with van der Waals surface area (Å²) in [5.41, 5.74) is 3.96. The number of nitrogens with zero attached hydrogens (tertiary/aromatic N) is 1. The first-order valence-corrected chi connectivity index (χ1v) is 5.34. The normalized spacial score (nSPS) is 12.0. The fourth-order valence-corrected chi connectivity index (χ4v) is 1.75. The minimum atomic E-state index is 0.205. The van der Waals surface area contributed by atoms with Gasteiger partial charge in [0.25, 0.3) is 0 Å². The van der Waals surface area contributed by atoms with Gasteiger partial charge in [-0.2, -0.15) is 0 Å². The van der Waals surface area contributed by atoms with E-state index >= 15 is 0 Å². The lowest BCUT2D eigenvalue weighted by Crippen LogP contribution is -2.10. The van der Waals surface area contributed by atoms with Crippen LogP contribution in [0.25, 0.3) is 10.9 Å². The maximum atomic E-state index is 4.37. The van der Waals surface area contributed by atoms with Crippen molar-refractivity contribution in [2.45, 2.75) is 33.1 Å². The maximum Gasteiger partial charge on any atom is 0.0704 e. The summed E-state index contributed by atoms with van der Waals surface area (Å²) in [4.78, 5) is 4.37. The average Bonchev–Trinajstić information content (AvgIpc) is 2.16. The molecule has 0 spiro atoms. The Morgan fingerprint density at radius 2 is 1.80 bits per heavy atom. The van der Waals surface area contributed by atoms with E-state index in [4.69, 9.17) is 0 Å². The topological polar surface area (TPSA) is 12.9 Å². The van der Waals surface area contributed by atoms with Crippen molar-refractivity contribution in [3.8, 4) is 0 Å². The molecule has 0 aliphatic carbocycles. The third-order valence-electron chi connectivity index (χ3n) is 2.83. The highest BCUT2D eigenvalue weighted by Crippen LogP contribution is 2.26. The predicted octanol–water partition coefficient (Wildman–Crippen LogP) is 3.84. The number of aryl methyl sites for hydroxylation is 1. The smallest absolute Gasteiger partial charge is 0.0704 e. The van der Waals surface area contributed by atoms with Crippen molar-refractivity contribution < 1.29 is 0 Å². The van der Waals surface area contributed by atoms with Gasteiger partial charge in [-0.05, 0) is 41.7 Å². The third kappa shape index (κ3) is 1.87. The number of aromatic nitrogens is 1. The van der Waals surface area contributed by atoms with Gasteiger partial charge in [-0.3, -0.25) is 4.98 Å². The van der Waals surface area contributed by atoms with Crippen LogP contribution in [0, 0.1) is 6.92 Å². The monoisotopic (exact) mass is 199 g/mol. The SMILES string of the molecule is Cc1ccnc2ccc(C(C)(C)C)cc12. The lowest BCUT2D eigenvalue weighted by Gasteiger charge is -2.19. The van der Waals surface area contributed by atoms with Gasteiger partial charge in [-0.15, -0.1) is 0 Å². The first-order chi connectivity index (χ1) is 6.98. The molecule has 2 rings (SSSR count). The predicted molar refractivity (Wildman–Crippen MR) is 65.2 cm³/mol. The lowest BCUT2D eigenvalue weighted by molar-refractivity contribution is 0.591. The molecule has 1 aromatic carbocycles. The first kappa shape index (κ1) is 10.2. The van der Waals surface area contributed by atoms with Gasteiger partial charge in [-0.1, -0.05) is 26.8 Å². The number of hydrogen-bond donors (Lipinski definition) is 0. The molecule has 0 atom stereocenters. The Morgan fingerprint density at radius 3 is 2.47 bits per heavy atom. The molecule has 0 unspecified atom stereocenters. The van der Waals surface area contributed by atoms with E-state index in [-0.39, 0.29) is 5.41 Å². The molecule has 0 saturated carbocycles. The van der Waals surface area contributed by atoms with E-state index in [1.54, 1.807) is 0 Å². The molecule has 15 heavy (non-hydrogen) atoms. The minimum Gasteiger partial charge on any atom is -0.256 e. The summed E-state index contributed by atoms with van der Waals surface area (Å²) >= 11 is 0. The van der Waals surface area contributed by atoms with Crippen molar-refractivity contribution in [2.24, 2.45) is 0 Å². The Hall–Kier alpha value is -1.37. The van der Waals surface area contributed by atoms with Crippen molar-refractivity contribution in [3.05, 3.63) is 41.6 Å². The van der Waals surface area contributed by atoms with Crippen LogP contribution in [-0.4, -0.2) is 4.98 Å². The van der Waals surface area contributed by atoms with E-state index in [0.29, 0.717) is 0 Å². The van der Waals surface area contributed by atoms with Crippen molar-refractivity contribution in [2.75, 3.05) is 0 Å². The van der Waals surface area contributed by atoms with Crippen LogP contribution < -0.4 is 0 Å². The molecule has 1 heteroatoms. The quantitative estimate of drug-likeness (QED) is 0.628. The Kier molecular flexibility index (Phi) is 2.26. The standard InChI is InChI=1S/C14H17N/c1-10-7-8-15-13-6-5-11(9-12(10)13)14(2,3)4/h5-9H,1-4H3. The summed E-state index contributed by atoms with van der Waals surface area (Å²) in [7, 11) is 0. The highest BCUT2D eigenvalue weighted by atomic mass is 14.6. The number of hydrogen-bond acceptors (Lipinski definition) is 1. The second-order valence-corrected chi connectivity index (χ2v) is 5.11. The summed E-state index contributed by atoms with van der Waals surface area (Å²) in [6, 6.07) is 8.62. The molecule has 1 heterocycles. The molecule has 2 aromatic rings. The van der Waals surface area contributed by atoms with Crippen LogP contribution in [-0.2, 0) is 5.41 Å². The number of pyridine rings is 1. The van der Waals surface area contributed by atoms with Crippen LogP contribution in [0.4, 0.5) is 0 Å². The Balaban J connectivity index is 2.70. The lowest BCUT2D eigenvalue weighted by atomic mass is 9.86. The summed E-state index contributed by atoms with van der Waals surface area (Å²) in [5.74, 6) is 0. The molecule has 0 radical (unpaired) electrons. The highest BCUT2D eigenvalue weighted by Gasteiger charge is 2.14. The summed E-state index contributed by atoms with van der Waals surface area (Å²) in [6.07, 6.45) is 1.87. The van der Waals surface area contributed by atoms with Gasteiger partial charge in [0.05, 0.1) is 5.52 Å². The number of rotatable bonds is 0. The van der Waals surface area contributed by atoms with Crippen LogP contribution >= 0.6 is 0 Å². The molecule has 0 bridgehead atoms. The molecule has 0 saturated heterocycles. The first-order valence-electron chi connectivity index (χ1n) is 5.34. The molecule has 0 amide bonds. The third-order valence-corrected chi connectivity index (χ3v) is 2.83. The van der Waals surface area contributed by atoms with Gasteiger partial charge in [0.1, 0.15) is 0 Å². The van der Waals surface area contributed by atoms with Crippen molar-refractivity contribution in [3.63, 3.8) is 0 Å². The highest BCUT2D eigenvalue weighted by molar-refractivity contribution is 5.82. The van der Waals surface area contributed by atoms with E-state index in [1.165, 1.54) is 16.5 Å².